The van der Waals surface area contributed by atoms with Crippen LogP contribution in [0.3, 0.4) is 0 Å². The summed E-state index contributed by atoms with van der Waals surface area (Å²) in [5.74, 6) is -0.112. The fraction of sp³-hybridized carbons (Fsp3) is 0.562. The lowest BCUT2D eigenvalue weighted by molar-refractivity contribution is -0.122. The summed E-state index contributed by atoms with van der Waals surface area (Å²) in [6.07, 6.45) is 0. The molecule has 3 N–H and O–H groups in total. The Kier molecular flexibility index (Phi) is 4.75. The molecule has 0 saturated carbocycles. The molecule has 3 heteroatoms. The number of hydrogen-bond acceptors (Lipinski definition) is 2. The first-order valence-corrected chi connectivity index (χ1v) is 6.77. The van der Waals surface area contributed by atoms with Crippen LogP contribution in [-0.4, -0.2) is 11.9 Å². The summed E-state index contributed by atoms with van der Waals surface area (Å²) >= 11 is 0. The van der Waals surface area contributed by atoms with E-state index in [9.17, 15) is 4.79 Å². The van der Waals surface area contributed by atoms with Gasteiger partial charge >= 0.3 is 0 Å². The lowest BCUT2D eigenvalue weighted by Gasteiger charge is -2.22. The SMILES string of the molecule is Cc1cc(C(C)(C)C)cc(C)c1CNC(=O)C(C)N. The Labute approximate surface area is 116 Å². The number of aryl methyl sites for hydroxylation is 2. The van der Waals surface area contributed by atoms with Crippen molar-refractivity contribution in [3.05, 3.63) is 34.4 Å². The van der Waals surface area contributed by atoms with Crippen molar-refractivity contribution in [1.82, 2.24) is 5.32 Å². The van der Waals surface area contributed by atoms with Gasteiger partial charge in [-0.2, -0.15) is 0 Å². The van der Waals surface area contributed by atoms with Crippen LogP contribution in [0.2, 0.25) is 0 Å². The topological polar surface area (TPSA) is 55.1 Å². The molecule has 1 aromatic rings. The van der Waals surface area contributed by atoms with Gasteiger partial charge in [0, 0.05) is 6.54 Å². The predicted octanol–water partition coefficient (Wildman–Crippen LogP) is 2.56. The zero-order valence-electron chi connectivity index (χ0n) is 12.9. The van der Waals surface area contributed by atoms with Crippen molar-refractivity contribution in [1.29, 1.82) is 0 Å². The van der Waals surface area contributed by atoms with Gasteiger partial charge in [0.1, 0.15) is 0 Å². The van der Waals surface area contributed by atoms with Gasteiger partial charge in [-0.1, -0.05) is 32.9 Å². The van der Waals surface area contributed by atoms with Crippen molar-refractivity contribution in [3.8, 4) is 0 Å². The van der Waals surface area contributed by atoms with E-state index in [4.69, 9.17) is 5.73 Å². The third-order valence-electron chi connectivity index (χ3n) is 3.42. The van der Waals surface area contributed by atoms with Crippen molar-refractivity contribution in [2.45, 2.75) is 59.5 Å². The normalized spacial score (nSPS) is 13.2. The molecule has 0 radical (unpaired) electrons. The summed E-state index contributed by atoms with van der Waals surface area (Å²) in [7, 11) is 0. The van der Waals surface area contributed by atoms with Crippen LogP contribution >= 0.6 is 0 Å². The molecule has 1 rings (SSSR count). The molecule has 19 heavy (non-hydrogen) atoms. The molecule has 0 aromatic heterocycles. The highest BCUT2D eigenvalue weighted by Crippen LogP contribution is 2.26. The van der Waals surface area contributed by atoms with E-state index in [1.54, 1.807) is 6.92 Å². The van der Waals surface area contributed by atoms with E-state index in [0.29, 0.717) is 6.54 Å². The Hall–Kier alpha value is -1.35. The van der Waals surface area contributed by atoms with Crippen LogP contribution < -0.4 is 11.1 Å². The molecule has 0 spiro atoms. The maximum atomic E-state index is 11.5. The van der Waals surface area contributed by atoms with Gasteiger partial charge in [-0.25, -0.2) is 0 Å². The number of nitrogens with one attached hydrogen (secondary N) is 1. The largest absolute Gasteiger partial charge is 0.351 e. The molecule has 1 aromatic carbocycles. The molecule has 0 heterocycles. The van der Waals surface area contributed by atoms with Gasteiger partial charge in [0.25, 0.3) is 0 Å². The Morgan fingerprint density at radius 2 is 1.74 bits per heavy atom. The maximum absolute atomic E-state index is 11.5. The fourth-order valence-electron chi connectivity index (χ4n) is 2.04. The average molecular weight is 262 g/mol. The van der Waals surface area contributed by atoms with Crippen LogP contribution in [0.1, 0.15) is 49.9 Å². The highest BCUT2D eigenvalue weighted by molar-refractivity contribution is 5.81. The lowest BCUT2D eigenvalue weighted by Crippen LogP contribution is -2.38. The first kappa shape index (κ1) is 15.7. The minimum Gasteiger partial charge on any atom is -0.351 e. The number of rotatable bonds is 3. The van der Waals surface area contributed by atoms with Gasteiger partial charge in [0.05, 0.1) is 6.04 Å². The Bertz CT molecular complexity index is 447. The summed E-state index contributed by atoms with van der Waals surface area (Å²) in [5, 5.41) is 2.87. The summed E-state index contributed by atoms with van der Waals surface area (Å²) in [4.78, 5) is 11.5. The summed E-state index contributed by atoms with van der Waals surface area (Å²) < 4.78 is 0. The van der Waals surface area contributed by atoms with Gasteiger partial charge in [0.2, 0.25) is 5.91 Å². The van der Waals surface area contributed by atoms with Crippen LogP contribution in [0, 0.1) is 13.8 Å². The second-order valence-corrected chi connectivity index (χ2v) is 6.35. The number of carbonyl (C=O) groups excluding carboxylic acids is 1. The molecule has 0 saturated heterocycles. The van der Waals surface area contributed by atoms with E-state index in [2.05, 4.69) is 52.1 Å². The third-order valence-corrected chi connectivity index (χ3v) is 3.42. The Morgan fingerprint density at radius 1 is 1.26 bits per heavy atom. The van der Waals surface area contributed by atoms with E-state index >= 15 is 0 Å². The van der Waals surface area contributed by atoms with Gasteiger partial charge in [-0.05, 0) is 48.4 Å². The molecule has 106 valence electrons. The molecule has 0 aliphatic heterocycles. The van der Waals surface area contributed by atoms with Crippen molar-refractivity contribution in [3.63, 3.8) is 0 Å². The van der Waals surface area contributed by atoms with Crippen LogP contribution in [0.15, 0.2) is 12.1 Å². The molecule has 1 amide bonds. The van der Waals surface area contributed by atoms with Crippen LogP contribution in [0.5, 0.6) is 0 Å². The molecule has 0 bridgehead atoms. The quantitative estimate of drug-likeness (QED) is 0.879. The lowest BCUT2D eigenvalue weighted by atomic mass is 9.84. The van der Waals surface area contributed by atoms with Crippen LogP contribution in [0.25, 0.3) is 0 Å². The first-order valence-electron chi connectivity index (χ1n) is 6.77. The van der Waals surface area contributed by atoms with E-state index < -0.39 is 6.04 Å². The molecule has 0 aliphatic carbocycles. The number of benzene rings is 1. The maximum Gasteiger partial charge on any atom is 0.236 e. The van der Waals surface area contributed by atoms with Crippen LogP contribution in [0.4, 0.5) is 0 Å². The Morgan fingerprint density at radius 3 is 2.11 bits per heavy atom. The molecular formula is C16H26N2O. The Balaban J connectivity index is 2.95. The predicted molar refractivity (Wildman–Crippen MR) is 80.1 cm³/mol. The van der Waals surface area contributed by atoms with Crippen molar-refractivity contribution < 1.29 is 4.79 Å². The standard InChI is InChI=1S/C16H26N2O/c1-10-7-13(16(4,5)6)8-11(2)14(10)9-18-15(19)12(3)17/h7-8,12H,9,17H2,1-6H3,(H,18,19). The van der Waals surface area contributed by atoms with Gasteiger partial charge in [-0.15, -0.1) is 0 Å². The monoisotopic (exact) mass is 262 g/mol. The zero-order chi connectivity index (χ0) is 14.8. The minimum atomic E-state index is -0.463. The van der Waals surface area contributed by atoms with E-state index in [0.717, 1.165) is 0 Å². The molecule has 3 nitrogen and oxygen atoms in total. The third kappa shape index (κ3) is 4.06. The zero-order valence-corrected chi connectivity index (χ0v) is 12.9. The number of hydrogen-bond donors (Lipinski definition) is 2. The highest BCUT2D eigenvalue weighted by atomic mass is 16.2. The summed E-state index contributed by atoms with van der Waals surface area (Å²) in [5.41, 5.74) is 10.6. The van der Waals surface area contributed by atoms with E-state index in [-0.39, 0.29) is 11.3 Å². The van der Waals surface area contributed by atoms with E-state index in [1.807, 2.05) is 0 Å². The molecule has 0 aliphatic rings. The van der Waals surface area contributed by atoms with Crippen LogP contribution in [-0.2, 0) is 16.8 Å². The van der Waals surface area contributed by atoms with Gasteiger partial charge in [-0.3, -0.25) is 4.79 Å². The minimum absolute atomic E-state index is 0.112. The van der Waals surface area contributed by atoms with Crippen molar-refractivity contribution in [2.24, 2.45) is 5.73 Å². The van der Waals surface area contributed by atoms with Crippen molar-refractivity contribution in [2.75, 3.05) is 0 Å². The first-order chi connectivity index (χ1) is 8.62. The smallest absolute Gasteiger partial charge is 0.236 e. The average Bonchev–Trinajstić information content (AvgIpc) is 2.25. The number of carbonyl (C=O) groups is 1. The van der Waals surface area contributed by atoms with E-state index in [1.165, 1.54) is 22.3 Å². The number of nitrogens with two attached hydrogens (primary N) is 1. The summed E-state index contributed by atoms with van der Waals surface area (Å²) in [6.45, 7) is 13.0. The highest BCUT2D eigenvalue weighted by Gasteiger charge is 2.16. The number of amides is 1. The molecular weight excluding hydrogens is 236 g/mol. The van der Waals surface area contributed by atoms with Gasteiger partial charge in [0.15, 0.2) is 0 Å². The van der Waals surface area contributed by atoms with Crippen molar-refractivity contribution >= 4 is 5.91 Å². The molecule has 1 atom stereocenters. The fourth-order valence-corrected chi connectivity index (χ4v) is 2.04. The summed E-state index contributed by atoms with van der Waals surface area (Å²) in [6, 6.07) is 3.95. The van der Waals surface area contributed by atoms with Gasteiger partial charge < -0.3 is 11.1 Å². The molecule has 1 unspecified atom stereocenters. The molecule has 0 fully saturated rings. The second kappa shape index (κ2) is 5.74. The second-order valence-electron chi connectivity index (χ2n) is 6.35.